The molecule has 0 fully saturated rings. The molecule has 0 radical (unpaired) electrons. The van der Waals surface area contributed by atoms with Gasteiger partial charge in [0.15, 0.2) is 5.82 Å². The van der Waals surface area contributed by atoms with Crippen molar-refractivity contribution in [3.05, 3.63) is 41.5 Å². The summed E-state index contributed by atoms with van der Waals surface area (Å²) in [5.74, 6) is 2.94. The quantitative estimate of drug-likeness (QED) is 0.829. The van der Waals surface area contributed by atoms with E-state index in [-0.39, 0.29) is 0 Å². The molecular weight excluding hydrogens is 226 g/mol. The number of methoxy groups -OCH3 is 1. The highest BCUT2D eigenvalue weighted by Gasteiger charge is 2.14. The van der Waals surface area contributed by atoms with Gasteiger partial charge in [-0.2, -0.15) is 5.10 Å². The van der Waals surface area contributed by atoms with Gasteiger partial charge in [0.25, 0.3) is 0 Å². The smallest absolute Gasteiger partial charge is 0.155 e. The lowest BCUT2D eigenvalue weighted by Gasteiger charge is -2.09. The third-order valence-corrected chi connectivity index (χ3v) is 3.35. The Kier molecular flexibility index (Phi) is 3.00. The number of nitrogens with zero attached hydrogens (tertiary/aromatic N) is 3. The molecule has 94 valence electrons. The van der Waals surface area contributed by atoms with Crippen LogP contribution in [0, 0.1) is 0 Å². The van der Waals surface area contributed by atoms with Gasteiger partial charge in [0, 0.05) is 24.9 Å². The lowest BCUT2D eigenvalue weighted by molar-refractivity contribution is 0.410. The summed E-state index contributed by atoms with van der Waals surface area (Å²) in [4.78, 5) is 4.62. The van der Waals surface area contributed by atoms with Crippen molar-refractivity contribution in [2.24, 2.45) is 0 Å². The third-order valence-electron chi connectivity index (χ3n) is 3.35. The number of para-hydroxylation sites is 1. The number of benzene rings is 1. The van der Waals surface area contributed by atoms with E-state index in [1.165, 1.54) is 12.8 Å². The number of hydrogen-bond acceptors (Lipinski definition) is 3. The Hall–Kier alpha value is -1.84. The van der Waals surface area contributed by atoms with Crippen LogP contribution in [0.2, 0.25) is 0 Å². The van der Waals surface area contributed by atoms with E-state index in [4.69, 9.17) is 4.74 Å². The van der Waals surface area contributed by atoms with Crippen molar-refractivity contribution in [2.75, 3.05) is 7.11 Å². The minimum atomic E-state index is 0.740. The fourth-order valence-corrected chi connectivity index (χ4v) is 2.43. The molecule has 0 atom stereocenters. The van der Waals surface area contributed by atoms with Crippen LogP contribution >= 0.6 is 0 Å². The van der Waals surface area contributed by atoms with E-state index in [0.717, 1.165) is 42.3 Å². The molecule has 2 aromatic rings. The maximum absolute atomic E-state index is 5.36. The molecule has 0 saturated carbocycles. The van der Waals surface area contributed by atoms with Gasteiger partial charge in [-0.25, -0.2) is 9.67 Å². The largest absolute Gasteiger partial charge is 0.496 e. The van der Waals surface area contributed by atoms with Gasteiger partial charge in [0.05, 0.1) is 7.11 Å². The van der Waals surface area contributed by atoms with Crippen LogP contribution in [0.5, 0.6) is 5.75 Å². The topological polar surface area (TPSA) is 39.9 Å². The molecule has 2 heterocycles. The van der Waals surface area contributed by atoms with Crippen LogP contribution in [0.4, 0.5) is 0 Å². The fraction of sp³-hybridized carbons (Fsp3) is 0.429. The number of fused-ring (bicyclic) bond motifs is 1. The SMILES string of the molecule is COc1ccccc1Cc1nc2n(n1)CCCC2. The Balaban J connectivity index is 1.85. The van der Waals surface area contributed by atoms with Gasteiger partial charge in [0.1, 0.15) is 11.6 Å². The average Bonchev–Trinajstić information content (AvgIpc) is 2.81. The zero-order chi connectivity index (χ0) is 12.4. The maximum atomic E-state index is 5.36. The second kappa shape index (κ2) is 4.80. The summed E-state index contributed by atoms with van der Waals surface area (Å²) in [6, 6.07) is 8.05. The molecule has 1 aliphatic heterocycles. The van der Waals surface area contributed by atoms with Crippen LogP contribution in [0.15, 0.2) is 24.3 Å². The van der Waals surface area contributed by atoms with Gasteiger partial charge >= 0.3 is 0 Å². The standard InChI is InChI=1S/C14H17N3O/c1-18-12-7-3-2-6-11(12)10-13-15-14-8-4-5-9-17(14)16-13/h2-3,6-7H,4-5,8-10H2,1H3. The minimum Gasteiger partial charge on any atom is -0.496 e. The van der Waals surface area contributed by atoms with Crippen molar-refractivity contribution in [3.63, 3.8) is 0 Å². The molecule has 1 aliphatic rings. The van der Waals surface area contributed by atoms with Gasteiger partial charge in [-0.3, -0.25) is 0 Å². The van der Waals surface area contributed by atoms with Gasteiger partial charge in [-0.05, 0) is 18.9 Å². The first-order chi connectivity index (χ1) is 8.86. The molecule has 0 saturated heterocycles. The van der Waals surface area contributed by atoms with E-state index in [9.17, 15) is 0 Å². The second-order valence-electron chi connectivity index (χ2n) is 4.61. The summed E-state index contributed by atoms with van der Waals surface area (Å²) in [7, 11) is 1.70. The summed E-state index contributed by atoms with van der Waals surface area (Å²) < 4.78 is 7.41. The molecule has 0 aliphatic carbocycles. The van der Waals surface area contributed by atoms with Gasteiger partial charge < -0.3 is 4.74 Å². The molecule has 0 unspecified atom stereocenters. The molecule has 4 nitrogen and oxygen atoms in total. The Morgan fingerprint density at radius 3 is 3.00 bits per heavy atom. The molecule has 1 aromatic heterocycles. The zero-order valence-corrected chi connectivity index (χ0v) is 10.6. The van der Waals surface area contributed by atoms with Crippen LogP contribution in [0.25, 0.3) is 0 Å². The summed E-state index contributed by atoms with van der Waals surface area (Å²) in [5.41, 5.74) is 1.14. The van der Waals surface area contributed by atoms with E-state index >= 15 is 0 Å². The lowest BCUT2D eigenvalue weighted by Crippen LogP contribution is -2.11. The van der Waals surface area contributed by atoms with Crippen molar-refractivity contribution < 1.29 is 4.74 Å². The Morgan fingerprint density at radius 1 is 1.28 bits per heavy atom. The molecule has 0 amide bonds. The third kappa shape index (κ3) is 2.10. The van der Waals surface area contributed by atoms with Crippen LogP contribution < -0.4 is 4.74 Å². The highest BCUT2D eigenvalue weighted by atomic mass is 16.5. The Morgan fingerprint density at radius 2 is 2.17 bits per heavy atom. The van der Waals surface area contributed by atoms with Crippen molar-refractivity contribution in [2.45, 2.75) is 32.2 Å². The monoisotopic (exact) mass is 243 g/mol. The molecule has 0 bridgehead atoms. The Labute approximate surface area is 107 Å². The number of hydrogen-bond donors (Lipinski definition) is 0. The number of ether oxygens (including phenoxy) is 1. The number of aryl methyl sites for hydroxylation is 2. The van der Waals surface area contributed by atoms with Crippen LogP contribution in [-0.4, -0.2) is 21.9 Å². The first-order valence-corrected chi connectivity index (χ1v) is 6.41. The summed E-state index contributed by atoms with van der Waals surface area (Å²) in [5, 5.41) is 4.57. The molecule has 1 aromatic carbocycles. The number of rotatable bonds is 3. The van der Waals surface area contributed by atoms with Crippen LogP contribution in [0.1, 0.15) is 30.1 Å². The highest BCUT2D eigenvalue weighted by molar-refractivity contribution is 5.35. The number of aromatic nitrogens is 3. The fourth-order valence-electron chi connectivity index (χ4n) is 2.43. The summed E-state index contributed by atoms with van der Waals surface area (Å²) in [6.45, 7) is 1.01. The highest BCUT2D eigenvalue weighted by Crippen LogP contribution is 2.20. The van der Waals surface area contributed by atoms with Gasteiger partial charge in [0.2, 0.25) is 0 Å². The molecule has 18 heavy (non-hydrogen) atoms. The molecule has 0 N–H and O–H groups in total. The van der Waals surface area contributed by atoms with Gasteiger partial charge in [-0.15, -0.1) is 0 Å². The molecular formula is C14H17N3O. The van der Waals surface area contributed by atoms with Crippen LogP contribution in [0.3, 0.4) is 0 Å². The van der Waals surface area contributed by atoms with Crippen molar-refractivity contribution in [3.8, 4) is 5.75 Å². The Bertz CT molecular complexity index is 524. The lowest BCUT2D eigenvalue weighted by atomic mass is 10.1. The van der Waals surface area contributed by atoms with E-state index in [2.05, 4.69) is 16.1 Å². The first-order valence-electron chi connectivity index (χ1n) is 6.41. The predicted molar refractivity (Wildman–Crippen MR) is 68.8 cm³/mol. The van der Waals surface area contributed by atoms with E-state index in [1.54, 1.807) is 7.11 Å². The summed E-state index contributed by atoms with van der Waals surface area (Å²) >= 11 is 0. The maximum Gasteiger partial charge on any atom is 0.155 e. The molecule has 3 rings (SSSR count). The average molecular weight is 243 g/mol. The minimum absolute atomic E-state index is 0.740. The van der Waals surface area contributed by atoms with E-state index in [0.29, 0.717) is 0 Å². The van der Waals surface area contributed by atoms with Gasteiger partial charge in [-0.1, -0.05) is 18.2 Å². The predicted octanol–water partition coefficient (Wildman–Crippen LogP) is 2.21. The van der Waals surface area contributed by atoms with Crippen molar-refractivity contribution in [1.29, 1.82) is 0 Å². The summed E-state index contributed by atoms with van der Waals surface area (Å²) in [6.07, 6.45) is 4.24. The zero-order valence-electron chi connectivity index (χ0n) is 10.6. The van der Waals surface area contributed by atoms with Crippen molar-refractivity contribution in [1.82, 2.24) is 14.8 Å². The molecule has 0 spiro atoms. The van der Waals surface area contributed by atoms with Crippen LogP contribution in [-0.2, 0) is 19.4 Å². The second-order valence-corrected chi connectivity index (χ2v) is 4.61. The van der Waals surface area contributed by atoms with E-state index in [1.807, 2.05) is 22.9 Å². The normalized spacial score (nSPS) is 14.3. The first kappa shape index (κ1) is 11.3. The van der Waals surface area contributed by atoms with E-state index < -0.39 is 0 Å². The molecule has 4 heteroatoms. The van der Waals surface area contributed by atoms with Crippen molar-refractivity contribution >= 4 is 0 Å².